The first-order valence-electron chi connectivity index (χ1n) is 10.5. The first-order valence-corrected chi connectivity index (χ1v) is 11.9. The maximum Gasteiger partial charge on any atom is 0.338 e. The van der Waals surface area contributed by atoms with Crippen molar-refractivity contribution in [2.45, 2.75) is 30.9 Å². The van der Waals surface area contributed by atoms with Crippen LogP contribution >= 0.6 is 0 Å². The summed E-state index contributed by atoms with van der Waals surface area (Å²) in [6.07, 6.45) is -1.09. The van der Waals surface area contributed by atoms with Crippen molar-refractivity contribution in [1.29, 1.82) is 0 Å². The fraction of sp³-hybridized carbons (Fsp3) is 0.200. The number of halogens is 1. The molecule has 1 N–H and O–H groups in total. The number of benzene rings is 3. The topological polar surface area (TPSA) is 92.8 Å². The minimum Gasteiger partial charge on any atom is -0.449 e. The van der Waals surface area contributed by atoms with Crippen molar-refractivity contribution in [3.05, 3.63) is 95.8 Å². The summed E-state index contributed by atoms with van der Waals surface area (Å²) >= 11 is 0. The summed E-state index contributed by atoms with van der Waals surface area (Å²) in [6, 6.07) is 19.2. The highest BCUT2D eigenvalue weighted by Gasteiger charge is 2.24. The van der Waals surface area contributed by atoms with Gasteiger partial charge in [0.05, 0.1) is 22.2 Å². The molecule has 0 radical (unpaired) electrons. The van der Waals surface area contributed by atoms with Crippen LogP contribution in [0.4, 0.5) is 10.1 Å². The summed E-state index contributed by atoms with van der Waals surface area (Å²) in [7, 11) is -2.38. The molecule has 9 heteroatoms. The third-order valence-corrected chi connectivity index (χ3v) is 7.05. The average molecular weight is 485 g/mol. The van der Waals surface area contributed by atoms with E-state index in [2.05, 4.69) is 5.32 Å². The number of amides is 1. The maximum absolute atomic E-state index is 13.1. The number of nitrogens with zero attached hydrogens (tertiary/aromatic N) is 1. The normalized spacial score (nSPS) is 12.9. The van der Waals surface area contributed by atoms with Crippen molar-refractivity contribution in [2.75, 3.05) is 11.4 Å². The molecule has 2 atom stereocenters. The van der Waals surface area contributed by atoms with E-state index in [1.807, 2.05) is 0 Å². The SMILES string of the molecule is CC(OC(=O)c1ccc(S(=O)(=O)N(C)c2ccccc2)cc1)C(=O)NC(C)c1ccc(F)cc1. The first-order chi connectivity index (χ1) is 16.1. The Morgan fingerprint density at radius 3 is 2.09 bits per heavy atom. The lowest BCUT2D eigenvalue weighted by Crippen LogP contribution is -2.37. The summed E-state index contributed by atoms with van der Waals surface area (Å²) in [5.74, 6) is -1.67. The molecule has 0 saturated carbocycles. The van der Waals surface area contributed by atoms with Crippen LogP contribution in [-0.4, -0.2) is 33.4 Å². The molecule has 0 heterocycles. The molecule has 1 amide bonds. The van der Waals surface area contributed by atoms with E-state index in [0.717, 1.165) is 4.31 Å². The Kier molecular flexibility index (Phi) is 7.68. The minimum absolute atomic E-state index is 0.00863. The Hall–Kier alpha value is -3.72. The molecule has 0 saturated heterocycles. The van der Waals surface area contributed by atoms with Crippen molar-refractivity contribution in [1.82, 2.24) is 5.32 Å². The maximum atomic E-state index is 13.1. The number of hydrogen-bond donors (Lipinski definition) is 1. The standard InChI is InChI=1S/C25H25FN2O5S/c1-17(19-9-13-21(26)14-10-19)27-24(29)18(2)33-25(30)20-11-15-23(16-12-20)34(31,32)28(3)22-7-5-4-6-8-22/h4-18H,1-3H3,(H,27,29). The van der Waals surface area contributed by atoms with Crippen molar-refractivity contribution >= 4 is 27.6 Å². The van der Waals surface area contributed by atoms with Gasteiger partial charge in [0.2, 0.25) is 0 Å². The second kappa shape index (κ2) is 10.5. The molecule has 0 aliphatic rings. The predicted molar refractivity (Wildman–Crippen MR) is 126 cm³/mol. The number of carbonyl (C=O) groups is 2. The number of nitrogens with one attached hydrogen (secondary N) is 1. The quantitative estimate of drug-likeness (QED) is 0.487. The monoisotopic (exact) mass is 484 g/mol. The van der Waals surface area contributed by atoms with Crippen LogP contribution in [0.25, 0.3) is 0 Å². The number of esters is 1. The Morgan fingerprint density at radius 1 is 0.912 bits per heavy atom. The molecule has 7 nitrogen and oxygen atoms in total. The predicted octanol–water partition coefficient (Wildman–Crippen LogP) is 4.07. The lowest BCUT2D eigenvalue weighted by molar-refractivity contribution is -0.129. The zero-order valence-corrected chi connectivity index (χ0v) is 19.8. The molecular weight excluding hydrogens is 459 g/mol. The van der Waals surface area contributed by atoms with Crippen LogP contribution in [0.2, 0.25) is 0 Å². The van der Waals surface area contributed by atoms with Crippen LogP contribution in [0.3, 0.4) is 0 Å². The number of para-hydroxylation sites is 1. The van der Waals surface area contributed by atoms with Crippen LogP contribution in [0, 0.1) is 5.82 Å². The van der Waals surface area contributed by atoms with Crippen LogP contribution < -0.4 is 9.62 Å². The number of hydrogen-bond acceptors (Lipinski definition) is 5. The lowest BCUT2D eigenvalue weighted by atomic mass is 10.1. The molecule has 3 aromatic rings. The minimum atomic E-state index is -3.82. The van der Waals surface area contributed by atoms with Gasteiger partial charge in [-0.2, -0.15) is 0 Å². The van der Waals surface area contributed by atoms with Gasteiger partial charge in [-0.05, 0) is 67.9 Å². The molecule has 0 bridgehead atoms. The van der Waals surface area contributed by atoms with E-state index in [1.54, 1.807) is 49.4 Å². The van der Waals surface area contributed by atoms with Crippen molar-refractivity contribution in [2.24, 2.45) is 0 Å². The Morgan fingerprint density at radius 2 is 1.50 bits per heavy atom. The van der Waals surface area contributed by atoms with Crippen molar-refractivity contribution in [3.8, 4) is 0 Å². The van der Waals surface area contributed by atoms with Gasteiger partial charge in [-0.15, -0.1) is 0 Å². The zero-order valence-electron chi connectivity index (χ0n) is 18.9. The second-order valence-corrected chi connectivity index (χ2v) is 9.63. The van der Waals surface area contributed by atoms with E-state index in [4.69, 9.17) is 4.74 Å². The van der Waals surface area contributed by atoms with Crippen molar-refractivity contribution < 1.29 is 27.1 Å². The number of ether oxygens (including phenoxy) is 1. The summed E-state index contributed by atoms with van der Waals surface area (Å²) in [5.41, 5.74) is 1.30. The highest BCUT2D eigenvalue weighted by Crippen LogP contribution is 2.22. The molecule has 0 spiro atoms. The van der Waals surface area contributed by atoms with Crippen LogP contribution in [0.1, 0.15) is 35.8 Å². The van der Waals surface area contributed by atoms with Crippen LogP contribution in [0.15, 0.2) is 83.8 Å². The van der Waals surface area contributed by atoms with E-state index in [9.17, 15) is 22.4 Å². The third kappa shape index (κ3) is 5.79. The molecule has 0 aromatic heterocycles. The summed E-state index contributed by atoms with van der Waals surface area (Å²) in [4.78, 5) is 24.9. The van der Waals surface area contributed by atoms with Gasteiger partial charge >= 0.3 is 5.97 Å². The van der Waals surface area contributed by atoms with Gasteiger partial charge in [-0.25, -0.2) is 17.6 Å². The van der Waals surface area contributed by atoms with E-state index in [0.29, 0.717) is 11.3 Å². The molecular formula is C25H25FN2O5S. The number of sulfonamides is 1. The molecule has 3 aromatic carbocycles. The number of rotatable bonds is 8. The Balaban J connectivity index is 1.62. The number of carbonyl (C=O) groups excluding carboxylic acids is 2. The average Bonchev–Trinajstić information content (AvgIpc) is 2.84. The second-order valence-electron chi connectivity index (χ2n) is 7.66. The largest absolute Gasteiger partial charge is 0.449 e. The van der Waals surface area contributed by atoms with E-state index in [1.165, 1.54) is 50.4 Å². The summed E-state index contributed by atoms with van der Waals surface area (Å²) in [6.45, 7) is 3.16. The van der Waals surface area contributed by atoms with Gasteiger partial charge in [-0.1, -0.05) is 30.3 Å². The Labute approximate surface area is 198 Å². The number of anilines is 1. The zero-order chi connectivity index (χ0) is 24.9. The fourth-order valence-electron chi connectivity index (χ4n) is 3.15. The molecule has 0 aliphatic heterocycles. The van der Waals surface area contributed by atoms with Crippen molar-refractivity contribution in [3.63, 3.8) is 0 Å². The van der Waals surface area contributed by atoms with E-state index < -0.39 is 34.0 Å². The van der Waals surface area contributed by atoms with E-state index >= 15 is 0 Å². The van der Waals surface area contributed by atoms with Crippen LogP contribution in [0.5, 0.6) is 0 Å². The first kappa shape index (κ1) is 24.9. The van der Waals surface area contributed by atoms with Gasteiger partial charge in [0.1, 0.15) is 5.82 Å². The molecule has 0 aliphatic carbocycles. The van der Waals surface area contributed by atoms with Gasteiger partial charge in [-0.3, -0.25) is 9.10 Å². The molecule has 2 unspecified atom stereocenters. The highest BCUT2D eigenvalue weighted by molar-refractivity contribution is 7.92. The fourth-order valence-corrected chi connectivity index (χ4v) is 4.34. The van der Waals surface area contributed by atoms with E-state index in [-0.39, 0.29) is 16.3 Å². The highest BCUT2D eigenvalue weighted by atomic mass is 32.2. The third-order valence-electron chi connectivity index (χ3n) is 5.25. The lowest BCUT2D eigenvalue weighted by Gasteiger charge is -2.20. The van der Waals surface area contributed by atoms with Crippen LogP contribution in [-0.2, 0) is 19.6 Å². The molecule has 0 fully saturated rings. The Bertz CT molecular complexity index is 1250. The molecule has 34 heavy (non-hydrogen) atoms. The smallest absolute Gasteiger partial charge is 0.338 e. The van der Waals surface area contributed by atoms with Gasteiger partial charge in [0, 0.05) is 7.05 Å². The summed E-state index contributed by atoms with van der Waals surface area (Å²) in [5, 5.41) is 2.71. The van der Waals surface area contributed by atoms with Gasteiger partial charge in [0.15, 0.2) is 6.10 Å². The van der Waals surface area contributed by atoms with Gasteiger partial charge in [0.25, 0.3) is 15.9 Å². The molecule has 178 valence electrons. The van der Waals surface area contributed by atoms with Gasteiger partial charge < -0.3 is 10.1 Å². The summed E-state index contributed by atoms with van der Waals surface area (Å²) < 4.78 is 45.2. The molecule has 3 rings (SSSR count).